The zero-order chi connectivity index (χ0) is 13.2. The Kier molecular flexibility index (Phi) is 2.53. The quantitative estimate of drug-likeness (QED) is 0.507. The molecule has 1 N–H and O–H groups in total. The molecule has 3 rings (SSSR count). The normalized spacial score (nSPS) is 11.8. The van der Waals surface area contributed by atoms with Crippen LogP contribution >= 0.6 is 0 Å². The molecule has 4 heteroatoms. The van der Waals surface area contributed by atoms with Gasteiger partial charge in [0.1, 0.15) is 0 Å². The van der Waals surface area contributed by atoms with Crippen LogP contribution in [0, 0.1) is 12.0 Å². The van der Waals surface area contributed by atoms with Gasteiger partial charge in [-0.2, -0.15) is 0 Å². The van der Waals surface area contributed by atoms with E-state index in [2.05, 4.69) is 20.7 Å². The van der Waals surface area contributed by atoms with Crippen LogP contribution in [-0.2, 0) is 0 Å². The maximum absolute atomic E-state index is 7.04. The Morgan fingerprint density at radius 1 is 1.00 bits per heavy atom. The van der Waals surface area contributed by atoms with Crippen LogP contribution in [0.15, 0.2) is 52.4 Å². The summed E-state index contributed by atoms with van der Waals surface area (Å²) < 4.78 is 0. The van der Waals surface area contributed by atoms with E-state index in [4.69, 9.17) is 12.0 Å². The second-order valence-corrected chi connectivity index (χ2v) is 4.03. The van der Waals surface area contributed by atoms with Crippen LogP contribution in [0.5, 0.6) is 0 Å². The average molecular weight is 244 g/mol. The maximum atomic E-state index is 7.04. The predicted octanol–water partition coefficient (Wildman–Crippen LogP) is 0.176. The topological polar surface area (TPSA) is 52.9 Å². The molecule has 0 radical (unpaired) electrons. The van der Waals surface area contributed by atoms with Crippen LogP contribution in [0.25, 0.3) is 10.7 Å². The van der Waals surface area contributed by atoms with Gasteiger partial charge >= 0.3 is 0 Å². The summed E-state index contributed by atoms with van der Waals surface area (Å²) >= 11 is 0. The summed E-state index contributed by atoms with van der Waals surface area (Å²) in [5.41, 5.74) is 0.563. The molecule has 2 aromatic carbocycles. The van der Waals surface area contributed by atoms with Crippen LogP contribution < -0.4 is 21.2 Å². The van der Waals surface area contributed by atoms with Gasteiger partial charge in [-0.15, -0.1) is 0 Å². The van der Waals surface area contributed by atoms with Gasteiger partial charge in [-0.05, 0) is 42.3 Å². The van der Waals surface area contributed by atoms with Gasteiger partial charge in [0.25, 0.3) is 0 Å². The summed E-state index contributed by atoms with van der Waals surface area (Å²) in [6.07, 6.45) is 0. The molecular weight excluding hydrogens is 236 g/mol. The highest BCUT2D eigenvalue weighted by Crippen LogP contribution is 2.06. The van der Waals surface area contributed by atoms with Crippen molar-refractivity contribution in [1.29, 1.82) is 5.41 Å². The lowest BCUT2D eigenvalue weighted by atomic mass is 10.2. The summed E-state index contributed by atoms with van der Waals surface area (Å²) in [6, 6.07) is 12.6. The van der Waals surface area contributed by atoms with Gasteiger partial charge < -0.3 is 0 Å². The fraction of sp³-hybridized carbons (Fsp3) is 0. The summed E-state index contributed by atoms with van der Waals surface area (Å²) in [6.45, 7) is 6.99. The zero-order valence-electron chi connectivity index (χ0n) is 9.88. The Hall–Kier alpha value is -3.02. The van der Waals surface area contributed by atoms with E-state index in [0.29, 0.717) is 11.5 Å². The molecule has 1 aliphatic rings. The summed E-state index contributed by atoms with van der Waals surface area (Å²) in [5.74, 6) is 2.96. The van der Waals surface area contributed by atoms with Crippen LogP contribution in [0.2, 0.25) is 0 Å². The smallest absolute Gasteiger partial charge is 0.189 e. The largest absolute Gasteiger partial charge is 0.258 e. The molecule has 0 atom stereocenters. The number of rotatable bonds is 0. The van der Waals surface area contributed by atoms with Gasteiger partial charge in [0.2, 0.25) is 0 Å². The molecule has 88 valence electrons. The minimum atomic E-state index is 0.563. The molecule has 19 heavy (non-hydrogen) atoms. The molecule has 0 spiro atoms. The molecular formula is C15H8N4. The second-order valence-electron chi connectivity index (χ2n) is 4.03. The Balaban J connectivity index is 2.27. The number of benzene rings is 2. The fourth-order valence-corrected chi connectivity index (χ4v) is 1.85. The van der Waals surface area contributed by atoms with Crippen molar-refractivity contribution < 1.29 is 0 Å². The highest BCUT2D eigenvalue weighted by Gasteiger charge is 2.03. The molecule has 2 aromatic rings. The van der Waals surface area contributed by atoms with Crippen LogP contribution in [0.4, 0.5) is 5.69 Å². The molecule has 0 saturated carbocycles. The van der Waals surface area contributed by atoms with E-state index >= 15 is 0 Å². The lowest BCUT2D eigenvalue weighted by Gasteiger charge is -1.88. The highest BCUT2D eigenvalue weighted by atomic mass is 15.0. The third-order valence-corrected chi connectivity index (χ3v) is 2.83. The highest BCUT2D eigenvalue weighted by molar-refractivity contribution is 5.51. The van der Waals surface area contributed by atoms with Crippen molar-refractivity contribution in [2.75, 3.05) is 0 Å². The van der Waals surface area contributed by atoms with Crippen molar-refractivity contribution in [2.45, 2.75) is 0 Å². The first-order chi connectivity index (χ1) is 9.30. The molecule has 4 nitrogen and oxygen atoms in total. The van der Waals surface area contributed by atoms with Crippen molar-refractivity contribution in [2.24, 2.45) is 9.98 Å². The van der Waals surface area contributed by atoms with Gasteiger partial charge in [0, 0.05) is 10.4 Å². The molecule has 1 heterocycles. The molecule has 0 aliphatic carbocycles. The summed E-state index contributed by atoms with van der Waals surface area (Å²) in [4.78, 5) is 12.2. The van der Waals surface area contributed by atoms with E-state index in [9.17, 15) is 0 Å². The first-order valence-electron chi connectivity index (χ1n) is 5.65. The third-order valence-electron chi connectivity index (χ3n) is 2.83. The standard InChI is InChI=1S/C15H8N4/c1-17-12-6-7-13-14(8-12)19-15(18-13)11-4-2-10(9-16)3-5-11/h2-8,16H. The number of fused-ring (bicyclic) bond motifs is 1. The number of hydrogen-bond acceptors (Lipinski definition) is 3. The molecule has 0 amide bonds. The average Bonchev–Trinajstić information content (AvgIpc) is 2.90. The van der Waals surface area contributed by atoms with E-state index < -0.39 is 0 Å². The van der Waals surface area contributed by atoms with Crippen LogP contribution in [0.1, 0.15) is 0 Å². The van der Waals surface area contributed by atoms with Crippen molar-refractivity contribution >= 4 is 17.4 Å². The van der Waals surface area contributed by atoms with Crippen LogP contribution in [0.3, 0.4) is 0 Å². The van der Waals surface area contributed by atoms with Gasteiger partial charge in [-0.1, -0.05) is 6.07 Å². The van der Waals surface area contributed by atoms with Gasteiger partial charge in [0.05, 0.1) is 17.3 Å². The predicted molar refractivity (Wildman–Crippen MR) is 70.9 cm³/mol. The summed E-state index contributed by atoms with van der Waals surface area (Å²) in [7, 11) is 0. The maximum Gasteiger partial charge on any atom is 0.189 e. The number of hydrogen-bond donors (Lipinski definition) is 1. The fourth-order valence-electron chi connectivity index (χ4n) is 1.85. The van der Waals surface area contributed by atoms with Crippen molar-refractivity contribution in [1.82, 2.24) is 0 Å². The third kappa shape index (κ3) is 1.95. The molecule has 0 unspecified atom stereocenters. The van der Waals surface area contributed by atoms with E-state index in [0.717, 1.165) is 21.2 Å². The zero-order valence-corrected chi connectivity index (χ0v) is 9.88. The van der Waals surface area contributed by atoms with Crippen LogP contribution in [-0.4, -0.2) is 5.87 Å². The Labute approximate surface area is 108 Å². The minimum Gasteiger partial charge on any atom is -0.258 e. The molecule has 0 aromatic heterocycles. The van der Waals surface area contributed by atoms with E-state index in [-0.39, 0.29) is 0 Å². The summed E-state index contributed by atoms with van der Waals surface area (Å²) in [5, 5.41) is 10.2. The number of nitrogens with one attached hydrogen (secondary N) is 1. The second kappa shape index (κ2) is 4.34. The number of nitrogens with zero attached hydrogens (tertiary/aromatic N) is 3. The minimum absolute atomic E-state index is 0.563. The lowest BCUT2D eigenvalue weighted by molar-refractivity contribution is 1.35. The first kappa shape index (κ1) is 11.1. The van der Waals surface area contributed by atoms with Crippen molar-refractivity contribution in [3.05, 3.63) is 75.0 Å². The Bertz CT molecular complexity index is 951. The monoisotopic (exact) mass is 244 g/mol. The molecule has 1 aliphatic heterocycles. The molecule has 0 bridgehead atoms. The van der Waals surface area contributed by atoms with Crippen molar-refractivity contribution in [3.63, 3.8) is 0 Å². The van der Waals surface area contributed by atoms with Crippen molar-refractivity contribution in [3.8, 4) is 0 Å². The Morgan fingerprint density at radius 2 is 1.74 bits per heavy atom. The van der Waals surface area contributed by atoms with E-state index in [1.54, 1.807) is 30.3 Å². The first-order valence-corrected chi connectivity index (χ1v) is 5.65. The molecule has 0 fully saturated rings. The van der Waals surface area contributed by atoms with E-state index in [1.165, 1.54) is 0 Å². The SMILES string of the molecule is [C-]#[N+]c1ccc2c(c1)=NC(=c1ccc(=C=N)cc1)N=2. The lowest BCUT2D eigenvalue weighted by Crippen LogP contribution is -2.19. The molecule has 0 saturated heterocycles. The Morgan fingerprint density at radius 3 is 2.42 bits per heavy atom. The van der Waals surface area contributed by atoms with Gasteiger partial charge in [-0.25, -0.2) is 14.8 Å². The van der Waals surface area contributed by atoms with Gasteiger partial charge in [0.15, 0.2) is 11.5 Å². The van der Waals surface area contributed by atoms with Gasteiger partial charge in [-0.3, -0.25) is 5.41 Å². The van der Waals surface area contributed by atoms with E-state index in [1.807, 2.05) is 12.1 Å².